The third-order valence-corrected chi connectivity index (χ3v) is 4.23. The Morgan fingerprint density at radius 2 is 1.70 bits per heavy atom. The van der Waals surface area contributed by atoms with Gasteiger partial charge in [0.05, 0.1) is 7.11 Å². The van der Waals surface area contributed by atoms with Gasteiger partial charge in [0, 0.05) is 22.9 Å². The summed E-state index contributed by atoms with van der Waals surface area (Å²) in [5.41, 5.74) is 1.58. The van der Waals surface area contributed by atoms with Crippen molar-refractivity contribution in [2.24, 2.45) is 0 Å². The maximum atomic E-state index is 15.1. The molecule has 2 rings (SSSR count). The lowest BCUT2D eigenvalue weighted by Crippen LogP contribution is -2.09. The van der Waals surface area contributed by atoms with Crippen LogP contribution in [0.25, 0.3) is 17.2 Å². The van der Waals surface area contributed by atoms with E-state index in [1.165, 1.54) is 13.8 Å². The number of benzene rings is 2. The van der Waals surface area contributed by atoms with E-state index in [-0.39, 0.29) is 28.3 Å². The van der Waals surface area contributed by atoms with Gasteiger partial charge in [0.25, 0.3) is 0 Å². The Hall–Kier alpha value is -2.89. The van der Waals surface area contributed by atoms with Crippen LogP contribution >= 0.6 is 0 Å². The highest BCUT2D eigenvalue weighted by molar-refractivity contribution is 5.90. The molecule has 0 saturated heterocycles. The van der Waals surface area contributed by atoms with Crippen LogP contribution in [0.2, 0.25) is 0 Å². The summed E-state index contributed by atoms with van der Waals surface area (Å²) in [7, 11) is 1.16. The zero-order valence-electron chi connectivity index (χ0n) is 16.0. The first-order chi connectivity index (χ1) is 12.7. The first-order valence-corrected chi connectivity index (χ1v) is 8.51. The lowest BCUT2D eigenvalue weighted by molar-refractivity contribution is -0.135. The highest BCUT2D eigenvalue weighted by atomic mass is 19.1. The molecule has 0 fully saturated rings. The van der Waals surface area contributed by atoms with Crippen LogP contribution in [0.15, 0.2) is 30.0 Å². The molecule has 0 unspecified atom stereocenters. The van der Waals surface area contributed by atoms with Crippen molar-refractivity contribution in [1.29, 1.82) is 0 Å². The van der Waals surface area contributed by atoms with Crippen LogP contribution in [0.3, 0.4) is 0 Å². The molecular weight excluding hydrogens is 352 g/mol. The fourth-order valence-corrected chi connectivity index (χ4v) is 2.87. The van der Waals surface area contributed by atoms with Crippen molar-refractivity contribution in [2.75, 3.05) is 12.4 Å². The Morgan fingerprint density at radius 1 is 1.11 bits per heavy atom. The molecule has 4 nitrogen and oxygen atoms in total. The number of carbonyl (C=O) groups is 1. The molecule has 0 aliphatic heterocycles. The number of ether oxygens (including phenoxy) is 1. The number of carboxylic acid groups (broad SMARTS) is 1. The van der Waals surface area contributed by atoms with Crippen LogP contribution in [0, 0.1) is 25.5 Å². The molecule has 0 aliphatic rings. The van der Waals surface area contributed by atoms with E-state index in [1.807, 2.05) is 26.0 Å². The smallest absolute Gasteiger partial charge is 0.371 e. The quantitative estimate of drug-likeness (QED) is 0.542. The van der Waals surface area contributed by atoms with Crippen molar-refractivity contribution in [1.82, 2.24) is 0 Å². The monoisotopic (exact) mass is 375 g/mol. The van der Waals surface area contributed by atoms with Crippen molar-refractivity contribution in [3.63, 3.8) is 0 Å². The molecule has 144 valence electrons. The van der Waals surface area contributed by atoms with Gasteiger partial charge in [-0.15, -0.1) is 0 Å². The lowest BCUT2D eigenvalue weighted by Gasteiger charge is -2.16. The Bertz CT molecular complexity index is 858. The highest BCUT2D eigenvalue weighted by Crippen LogP contribution is 2.34. The minimum absolute atomic E-state index is 0.0216. The molecule has 0 amide bonds. The number of carboxylic acids is 1. The van der Waals surface area contributed by atoms with Crippen molar-refractivity contribution < 1.29 is 23.4 Å². The Kier molecular flexibility index (Phi) is 6.20. The van der Waals surface area contributed by atoms with Gasteiger partial charge in [-0.3, -0.25) is 0 Å². The predicted molar refractivity (Wildman–Crippen MR) is 103 cm³/mol. The molecule has 0 saturated carbocycles. The third-order valence-electron chi connectivity index (χ3n) is 4.23. The zero-order chi connectivity index (χ0) is 20.3. The van der Waals surface area contributed by atoms with Gasteiger partial charge in [0.2, 0.25) is 5.76 Å². The van der Waals surface area contributed by atoms with E-state index in [0.717, 1.165) is 18.9 Å². The summed E-state index contributed by atoms with van der Waals surface area (Å²) in [4.78, 5) is 11.1. The Morgan fingerprint density at radius 3 is 2.19 bits per heavy atom. The normalized spacial score (nSPS) is 11.6. The van der Waals surface area contributed by atoms with Crippen molar-refractivity contribution in [3.8, 4) is 11.1 Å². The third kappa shape index (κ3) is 4.27. The van der Waals surface area contributed by atoms with Crippen LogP contribution in [-0.2, 0) is 9.53 Å². The highest BCUT2D eigenvalue weighted by Gasteiger charge is 2.21. The topological polar surface area (TPSA) is 58.6 Å². The number of hydrogen-bond acceptors (Lipinski definition) is 3. The van der Waals surface area contributed by atoms with Crippen molar-refractivity contribution in [3.05, 3.63) is 58.3 Å². The van der Waals surface area contributed by atoms with Crippen LogP contribution in [0.4, 0.5) is 14.5 Å². The summed E-state index contributed by atoms with van der Waals surface area (Å²) in [5.74, 6) is -3.09. The van der Waals surface area contributed by atoms with Crippen molar-refractivity contribution >= 4 is 17.7 Å². The number of aliphatic carboxylic acids is 1. The predicted octanol–water partition coefficient (Wildman–Crippen LogP) is 5.14. The fourth-order valence-electron chi connectivity index (χ4n) is 2.87. The van der Waals surface area contributed by atoms with Crippen LogP contribution in [0.1, 0.15) is 30.5 Å². The van der Waals surface area contributed by atoms with Gasteiger partial charge in [-0.2, -0.15) is 0 Å². The van der Waals surface area contributed by atoms with Crippen LogP contribution in [-0.4, -0.2) is 24.2 Å². The van der Waals surface area contributed by atoms with Crippen LogP contribution in [0.5, 0.6) is 0 Å². The number of hydrogen-bond donors (Lipinski definition) is 2. The Balaban J connectivity index is 2.59. The van der Waals surface area contributed by atoms with Gasteiger partial charge < -0.3 is 15.2 Å². The van der Waals surface area contributed by atoms with E-state index in [4.69, 9.17) is 9.84 Å². The molecule has 0 heterocycles. The second kappa shape index (κ2) is 8.20. The van der Waals surface area contributed by atoms with Gasteiger partial charge in [-0.25, -0.2) is 13.6 Å². The molecule has 0 spiro atoms. The lowest BCUT2D eigenvalue weighted by atomic mass is 9.92. The summed E-state index contributed by atoms with van der Waals surface area (Å²) < 4.78 is 34.7. The summed E-state index contributed by atoms with van der Waals surface area (Å²) in [6, 6.07) is 7.32. The molecule has 2 aromatic rings. The number of anilines is 1. The molecule has 0 atom stereocenters. The molecule has 6 heteroatoms. The number of rotatable bonds is 6. The second-order valence-corrected chi connectivity index (χ2v) is 6.56. The number of methoxy groups -OCH3 is 1. The SMILES string of the molecule is CO/C(=C\c1c(C)c(F)c(-c2ccc(NC(C)C)cc2)c(C)c1F)C(=O)O. The maximum absolute atomic E-state index is 15.1. The minimum atomic E-state index is -1.35. The minimum Gasteiger partial charge on any atom is -0.490 e. The second-order valence-electron chi connectivity index (χ2n) is 6.56. The van der Waals surface area contributed by atoms with Gasteiger partial charge in [0.1, 0.15) is 11.6 Å². The van der Waals surface area contributed by atoms with E-state index in [9.17, 15) is 9.18 Å². The molecule has 0 aromatic heterocycles. The van der Waals surface area contributed by atoms with E-state index in [1.54, 1.807) is 12.1 Å². The Labute approximate surface area is 157 Å². The van der Waals surface area contributed by atoms with Crippen LogP contribution < -0.4 is 5.32 Å². The number of nitrogens with one attached hydrogen (secondary N) is 1. The molecule has 0 bridgehead atoms. The van der Waals surface area contributed by atoms with E-state index in [2.05, 4.69) is 5.32 Å². The van der Waals surface area contributed by atoms with Gasteiger partial charge >= 0.3 is 5.97 Å². The average Bonchev–Trinajstić information content (AvgIpc) is 2.61. The maximum Gasteiger partial charge on any atom is 0.371 e. The standard InChI is InChI=1S/C21H23F2NO3/c1-11(2)24-15-8-6-14(7-9-15)18-13(4)19(22)16(12(3)20(18)23)10-17(27-5)21(25)26/h6-11,24H,1-5H3,(H,25,26)/b17-10-. The van der Waals surface area contributed by atoms with E-state index >= 15 is 4.39 Å². The fraction of sp³-hybridized carbons (Fsp3) is 0.286. The first-order valence-electron chi connectivity index (χ1n) is 8.51. The summed E-state index contributed by atoms with van der Waals surface area (Å²) >= 11 is 0. The summed E-state index contributed by atoms with van der Waals surface area (Å²) in [6.45, 7) is 6.90. The van der Waals surface area contributed by atoms with E-state index < -0.39 is 23.4 Å². The largest absolute Gasteiger partial charge is 0.490 e. The molecule has 2 aromatic carbocycles. The van der Waals surface area contributed by atoms with E-state index in [0.29, 0.717) is 5.56 Å². The summed E-state index contributed by atoms with van der Waals surface area (Å²) in [5, 5.41) is 12.3. The molecule has 0 aliphatic carbocycles. The summed E-state index contributed by atoms with van der Waals surface area (Å²) in [6.07, 6.45) is 1.00. The molecule has 2 N–H and O–H groups in total. The van der Waals surface area contributed by atoms with Gasteiger partial charge in [-0.1, -0.05) is 12.1 Å². The zero-order valence-corrected chi connectivity index (χ0v) is 16.0. The molecule has 27 heavy (non-hydrogen) atoms. The average molecular weight is 375 g/mol. The molecular formula is C21H23F2NO3. The van der Waals surface area contributed by atoms with Gasteiger partial charge in [-0.05, 0) is 62.6 Å². The van der Waals surface area contributed by atoms with Gasteiger partial charge in [0.15, 0.2) is 0 Å². The number of halogens is 2. The van der Waals surface area contributed by atoms with Crippen molar-refractivity contribution in [2.45, 2.75) is 33.7 Å². The first kappa shape index (κ1) is 20.4. The molecule has 0 radical (unpaired) electrons.